The van der Waals surface area contributed by atoms with Gasteiger partial charge in [0.05, 0.1) is 12.7 Å². The minimum Gasteiger partial charge on any atom is -0.497 e. The van der Waals surface area contributed by atoms with Crippen LogP contribution < -0.4 is 10.1 Å². The summed E-state index contributed by atoms with van der Waals surface area (Å²) in [4.78, 5) is 14.5. The van der Waals surface area contributed by atoms with E-state index in [1.807, 2.05) is 24.3 Å². The van der Waals surface area contributed by atoms with Crippen molar-refractivity contribution in [3.05, 3.63) is 24.3 Å². The second kappa shape index (κ2) is 7.53. The van der Waals surface area contributed by atoms with Crippen LogP contribution in [0.1, 0.15) is 38.5 Å². The third-order valence-electron chi connectivity index (χ3n) is 5.52. The lowest BCUT2D eigenvalue weighted by molar-refractivity contribution is -0.117. The molecule has 2 fully saturated rings. The van der Waals surface area contributed by atoms with E-state index in [0.29, 0.717) is 12.3 Å². The molecule has 1 aromatic rings. The summed E-state index contributed by atoms with van der Waals surface area (Å²) in [6.07, 6.45) is 5.75. The maximum absolute atomic E-state index is 12.2. The number of methoxy groups -OCH3 is 1. The molecule has 2 N–H and O–H groups in total. The Morgan fingerprint density at radius 3 is 3.12 bits per heavy atom. The van der Waals surface area contributed by atoms with Gasteiger partial charge in [0, 0.05) is 43.7 Å². The summed E-state index contributed by atoms with van der Waals surface area (Å²) in [6.45, 7) is 2.56. The minimum absolute atomic E-state index is 0.0210. The van der Waals surface area contributed by atoms with Crippen LogP contribution in [0.25, 0.3) is 0 Å². The summed E-state index contributed by atoms with van der Waals surface area (Å²) in [7, 11) is 1.61. The molecule has 132 valence electrons. The highest BCUT2D eigenvalue weighted by Gasteiger charge is 2.42. The van der Waals surface area contributed by atoms with Crippen molar-refractivity contribution in [2.24, 2.45) is 5.92 Å². The molecule has 5 nitrogen and oxygen atoms in total. The van der Waals surface area contributed by atoms with Gasteiger partial charge in [0.2, 0.25) is 5.91 Å². The Kier molecular flexibility index (Phi) is 5.41. The van der Waals surface area contributed by atoms with Gasteiger partial charge in [-0.25, -0.2) is 0 Å². The van der Waals surface area contributed by atoms with Crippen LogP contribution in [0.2, 0.25) is 0 Å². The van der Waals surface area contributed by atoms with Gasteiger partial charge in [0.15, 0.2) is 0 Å². The van der Waals surface area contributed by atoms with E-state index in [9.17, 15) is 9.90 Å². The van der Waals surface area contributed by atoms with Crippen molar-refractivity contribution in [2.45, 2.75) is 44.1 Å². The maximum atomic E-state index is 12.2. The van der Waals surface area contributed by atoms with Crippen LogP contribution in [0.3, 0.4) is 0 Å². The molecule has 0 radical (unpaired) electrons. The number of anilines is 1. The number of carbonyl (C=O) groups is 1. The van der Waals surface area contributed by atoms with Crippen LogP contribution in [0.4, 0.5) is 5.69 Å². The van der Waals surface area contributed by atoms with Crippen molar-refractivity contribution in [2.75, 3.05) is 32.1 Å². The summed E-state index contributed by atoms with van der Waals surface area (Å²) in [6, 6.07) is 7.40. The number of hydrogen-bond acceptors (Lipinski definition) is 4. The van der Waals surface area contributed by atoms with Crippen molar-refractivity contribution in [1.82, 2.24) is 4.90 Å². The quantitative estimate of drug-likeness (QED) is 0.870. The van der Waals surface area contributed by atoms with E-state index in [2.05, 4.69) is 10.2 Å². The molecule has 24 heavy (non-hydrogen) atoms. The number of aliphatic hydroxyl groups is 1. The third-order valence-corrected chi connectivity index (χ3v) is 5.52. The maximum Gasteiger partial charge on any atom is 0.225 e. The number of amides is 1. The SMILES string of the molecule is COc1cccc(NC(=O)CCN2CCC3(O)CCCCC3C2)c1. The number of carbonyl (C=O) groups excluding carboxylic acids is 1. The molecule has 5 heteroatoms. The number of nitrogens with one attached hydrogen (secondary N) is 1. The fourth-order valence-corrected chi connectivity index (χ4v) is 4.03. The van der Waals surface area contributed by atoms with Crippen molar-refractivity contribution in [3.63, 3.8) is 0 Å². The Bertz CT molecular complexity index is 577. The first kappa shape index (κ1) is 17.2. The smallest absolute Gasteiger partial charge is 0.225 e. The highest BCUT2D eigenvalue weighted by atomic mass is 16.5. The third kappa shape index (κ3) is 4.08. The lowest BCUT2D eigenvalue weighted by atomic mass is 9.71. The van der Waals surface area contributed by atoms with Gasteiger partial charge in [0.1, 0.15) is 5.75 Å². The molecule has 1 aliphatic carbocycles. The van der Waals surface area contributed by atoms with E-state index in [0.717, 1.165) is 56.8 Å². The summed E-state index contributed by atoms with van der Waals surface area (Å²) < 4.78 is 5.17. The molecule has 1 aliphatic heterocycles. The standard InChI is InChI=1S/C19H28N2O3/c1-24-17-7-4-6-16(13-17)20-18(22)8-11-21-12-10-19(23)9-3-2-5-15(19)14-21/h4,6-7,13,15,23H,2-3,5,8-12,14H2,1H3,(H,20,22). The topological polar surface area (TPSA) is 61.8 Å². The average Bonchev–Trinajstić information content (AvgIpc) is 2.60. The van der Waals surface area contributed by atoms with E-state index in [1.165, 1.54) is 6.42 Å². The number of ether oxygens (including phenoxy) is 1. The molecule has 0 bridgehead atoms. The molecule has 1 saturated carbocycles. The zero-order valence-corrected chi connectivity index (χ0v) is 14.5. The number of benzene rings is 1. The first-order valence-corrected chi connectivity index (χ1v) is 8.98. The molecule has 0 spiro atoms. The Balaban J connectivity index is 1.46. The Hall–Kier alpha value is -1.59. The lowest BCUT2D eigenvalue weighted by Gasteiger charge is -2.47. The first-order chi connectivity index (χ1) is 11.6. The van der Waals surface area contributed by atoms with Crippen molar-refractivity contribution >= 4 is 11.6 Å². The van der Waals surface area contributed by atoms with E-state index in [-0.39, 0.29) is 5.91 Å². The van der Waals surface area contributed by atoms with E-state index < -0.39 is 5.60 Å². The van der Waals surface area contributed by atoms with Crippen LogP contribution in [0.15, 0.2) is 24.3 Å². The number of piperidine rings is 1. The zero-order valence-electron chi connectivity index (χ0n) is 14.5. The van der Waals surface area contributed by atoms with Crippen LogP contribution in [0, 0.1) is 5.92 Å². The van der Waals surface area contributed by atoms with Gasteiger partial charge in [-0.3, -0.25) is 4.79 Å². The van der Waals surface area contributed by atoms with E-state index >= 15 is 0 Å². The first-order valence-electron chi connectivity index (χ1n) is 8.98. The normalized spacial score (nSPS) is 27.3. The molecule has 2 unspecified atom stereocenters. The molecule has 2 atom stereocenters. The van der Waals surface area contributed by atoms with Gasteiger partial charge in [-0.2, -0.15) is 0 Å². The number of likely N-dealkylation sites (tertiary alicyclic amines) is 1. The van der Waals surface area contributed by atoms with Crippen LogP contribution in [-0.2, 0) is 4.79 Å². The van der Waals surface area contributed by atoms with Crippen LogP contribution in [0.5, 0.6) is 5.75 Å². The Morgan fingerprint density at radius 1 is 1.42 bits per heavy atom. The van der Waals surface area contributed by atoms with Gasteiger partial charge < -0.3 is 20.1 Å². The number of nitrogens with zero attached hydrogens (tertiary/aromatic N) is 1. The van der Waals surface area contributed by atoms with Crippen molar-refractivity contribution in [1.29, 1.82) is 0 Å². The fraction of sp³-hybridized carbons (Fsp3) is 0.632. The molecule has 3 rings (SSSR count). The second-order valence-electron chi connectivity index (χ2n) is 7.13. The fourth-order valence-electron chi connectivity index (χ4n) is 4.03. The monoisotopic (exact) mass is 332 g/mol. The Morgan fingerprint density at radius 2 is 2.29 bits per heavy atom. The molecule has 2 aliphatic rings. The highest BCUT2D eigenvalue weighted by Crippen LogP contribution is 2.39. The van der Waals surface area contributed by atoms with Gasteiger partial charge >= 0.3 is 0 Å². The van der Waals surface area contributed by atoms with E-state index in [4.69, 9.17) is 4.74 Å². The molecule has 1 aromatic carbocycles. The zero-order chi connectivity index (χ0) is 17.0. The second-order valence-corrected chi connectivity index (χ2v) is 7.13. The number of hydrogen-bond donors (Lipinski definition) is 2. The Labute approximate surface area is 144 Å². The number of rotatable bonds is 5. The summed E-state index contributed by atoms with van der Waals surface area (Å²) in [5.74, 6) is 1.13. The molecule has 1 heterocycles. The summed E-state index contributed by atoms with van der Waals surface area (Å²) in [5.41, 5.74) is 0.317. The van der Waals surface area contributed by atoms with Crippen molar-refractivity contribution in [3.8, 4) is 5.75 Å². The van der Waals surface area contributed by atoms with Gasteiger partial charge in [-0.05, 0) is 31.4 Å². The van der Waals surface area contributed by atoms with Gasteiger partial charge in [-0.1, -0.05) is 18.9 Å². The lowest BCUT2D eigenvalue weighted by Crippen LogP contribution is -2.53. The number of fused-ring (bicyclic) bond motifs is 1. The van der Waals surface area contributed by atoms with Gasteiger partial charge in [0.25, 0.3) is 0 Å². The molecular weight excluding hydrogens is 304 g/mol. The predicted octanol–water partition coefficient (Wildman–Crippen LogP) is 2.65. The van der Waals surface area contributed by atoms with E-state index in [1.54, 1.807) is 7.11 Å². The highest BCUT2D eigenvalue weighted by molar-refractivity contribution is 5.91. The largest absolute Gasteiger partial charge is 0.497 e. The van der Waals surface area contributed by atoms with Gasteiger partial charge in [-0.15, -0.1) is 0 Å². The van der Waals surface area contributed by atoms with Crippen molar-refractivity contribution < 1.29 is 14.6 Å². The average molecular weight is 332 g/mol. The molecule has 1 saturated heterocycles. The summed E-state index contributed by atoms with van der Waals surface area (Å²) in [5, 5.41) is 13.6. The molecule has 1 amide bonds. The molecular formula is C19H28N2O3. The minimum atomic E-state index is -0.447. The molecule has 0 aromatic heterocycles. The predicted molar refractivity (Wildman–Crippen MR) is 94.2 cm³/mol. The van der Waals surface area contributed by atoms with Crippen LogP contribution in [-0.4, -0.2) is 48.3 Å². The van der Waals surface area contributed by atoms with Crippen LogP contribution >= 0.6 is 0 Å². The summed E-state index contributed by atoms with van der Waals surface area (Å²) >= 11 is 0.